The number of amides is 1. The average Bonchev–Trinajstić information content (AvgIpc) is 2.71. The molecule has 0 saturated carbocycles. The van der Waals surface area contributed by atoms with Gasteiger partial charge in [0.05, 0.1) is 22.4 Å². The van der Waals surface area contributed by atoms with Gasteiger partial charge in [0.2, 0.25) is 5.91 Å². The zero-order valence-electron chi connectivity index (χ0n) is 10.3. The minimum atomic E-state index is -0.902. The van der Waals surface area contributed by atoms with Crippen molar-refractivity contribution in [2.45, 2.75) is 19.6 Å². The fraction of sp³-hybridized carbons (Fsp3) is 0.545. The number of aryl methyl sites for hydroxylation is 1. The predicted molar refractivity (Wildman–Crippen MR) is 72.8 cm³/mol. The molecule has 0 aliphatic rings. The molecule has 18 heavy (non-hydrogen) atoms. The Morgan fingerprint density at radius 2 is 2.33 bits per heavy atom. The van der Waals surface area contributed by atoms with Crippen molar-refractivity contribution in [1.29, 1.82) is 0 Å². The van der Waals surface area contributed by atoms with Gasteiger partial charge in [0.15, 0.2) is 0 Å². The molecule has 7 heteroatoms. The molecule has 0 bridgehead atoms. The van der Waals surface area contributed by atoms with Crippen LogP contribution in [0.1, 0.15) is 17.6 Å². The molecule has 1 aromatic rings. The summed E-state index contributed by atoms with van der Waals surface area (Å²) in [5, 5.41) is 14.3. The van der Waals surface area contributed by atoms with Crippen LogP contribution >= 0.6 is 23.1 Å². The molecule has 1 heterocycles. The summed E-state index contributed by atoms with van der Waals surface area (Å²) in [6, 6.07) is 0. The fourth-order valence-corrected chi connectivity index (χ4v) is 2.59. The van der Waals surface area contributed by atoms with Crippen LogP contribution in [-0.2, 0) is 15.3 Å². The fourth-order valence-electron chi connectivity index (χ4n) is 1.13. The summed E-state index contributed by atoms with van der Waals surface area (Å²) < 4.78 is 0. The number of aliphatic carboxylic acids is 1. The van der Waals surface area contributed by atoms with Crippen LogP contribution in [0.15, 0.2) is 5.38 Å². The number of thiazole rings is 1. The standard InChI is InChI=1S/C11H16N2O3S2/c1-7(11(15)16)3-12-10(14)6-17-4-9-5-18-8(2)13-9/h5,7H,3-4,6H2,1-2H3,(H,12,14)(H,15,16). The minimum absolute atomic E-state index is 0.139. The lowest BCUT2D eigenvalue weighted by atomic mass is 10.2. The van der Waals surface area contributed by atoms with E-state index < -0.39 is 11.9 Å². The molecular weight excluding hydrogens is 272 g/mol. The summed E-state index contributed by atoms with van der Waals surface area (Å²) in [7, 11) is 0. The number of rotatable bonds is 7. The van der Waals surface area contributed by atoms with Gasteiger partial charge in [-0.3, -0.25) is 9.59 Å². The first-order valence-corrected chi connectivity index (χ1v) is 7.50. The molecule has 2 N–H and O–H groups in total. The van der Waals surface area contributed by atoms with E-state index in [-0.39, 0.29) is 12.5 Å². The Hall–Kier alpha value is -1.08. The molecular formula is C11H16N2O3S2. The Morgan fingerprint density at radius 3 is 2.89 bits per heavy atom. The summed E-state index contributed by atoms with van der Waals surface area (Å²) in [5.74, 6) is -0.573. The zero-order valence-corrected chi connectivity index (χ0v) is 11.9. The second kappa shape index (κ2) is 7.38. The van der Waals surface area contributed by atoms with E-state index in [0.29, 0.717) is 11.5 Å². The molecule has 1 rings (SSSR count). The molecule has 0 spiro atoms. The van der Waals surface area contributed by atoms with Gasteiger partial charge in [-0.2, -0.15) is 0 Å². The quantitative estimate of drug-likeness (QED) is 0.795. The molecule has 100 valence electrons. The van der Waals surface area contributed by atoms with Gasteiger partial charge in [-0.1, -0.05) is 6.92 Å². The van der Waals surface area contributed by atoms with E-state index in [2.05, 4.69) is 10.3 Å². The summed E-state index contributed by atoms with van der Waals surface area (Å²) in [6.07, 6.45) is 0. The number of nitrogens with one attached hydrogen (secondary N) is 1. The molecule has 0 saturated heterocycles. The highest BCUT2D eigenvalue weighted by Gasteiger charge is 2.12. The molecule has 0 aliphatic heterocycles. The van der Waals surface area contributed by atoms with Gasteiger partial charge >= 0.3 is 5.97 Å². The van der Waals surface area contributed by atoms with Gasteiger partial charge in [0.1, 0.15) is 0 Å². The maximum Gasteiger partial charge on any atom is 0.308 e. The third-order valence-corrected chi connectivity index (χ3v) is 3.97. The lowest BCUT2D eigenvalue weighted by Crippen LogP contribution is -2.32. The van der Waals surface area contributed by atoms with Crippen molar-refractivity contribution in [2.24, 2.45) is 5.92 Å². The Kier molecular flexibility index (Phi) is 6.14. The highest BCUT2D eigenvalue weighted by Crippen LogP contribution is 2.14. The number of carboxylic acids is 1. The van der Waals surface area contributed by atoms with E-state index in [1.165, 1.54) is 11.8 Å². The van der Waals surface area contributed by atoms with Gasteiger partial charge in [0, 0.05) is 17.7 Å². The van der Waals surface area contributed by atoms with Crippen LogP contribution in [0, 0.1) is 12.8 Å². The second-order valence-corrected chi connectivity index (χ2v) is 5.94. The SMILES string of the molecule is Cc1nc(CSCC(=O)NCC(C)C(=O)O)cs1. The number of carbonyl (C=O) groups is 2. The monoisotopic (exact) mass is 288 g/mol. The van der Waals surface area contributed by atoms with Gasteiger partial charge in [-0.15, -0.1) is 23.1 Å². The molecule has 0 radical (unpaired) electrons. The molecule has 0 aromatic carbocycles. The third kappa shape index (κ3) is 5.50. The topological polar surface area (TPSA) is 79.3 Å². The number of hydrogen-bond donors (Lipinski definition) is 2. The van der Waals surface area contributed by atoms with E-state index in [1.807, 2.05) is 12.3 Å². The maximum absolute atomic E-state index is 11.4. The smallest absolute Gasteiger partial charge is 0.308 e. The van der Waals surface area contributed by atoms with Gasteiger partial charge in [-0.05, 0) is 6.92 Å². The van der Waals surface area contributed by atoms with E-state index in [0.717, 1.165) is 10.7 Å². The molecule has 1 atom stereocenters. The van der Waals surface area contributed by atoms with Crippen molar-refractivity contribution in [1.82, 2.24) is 10.3 Å². The van der Waals surface area contributed by atoms with Crippen LogP contribution in [0.4, 0.5) is 0 Å². The van der Waals surface area contributed by atoms with Crippen molar-refractivity contribution in [2.75, 3.05) is 12.3 Å². The Balaban J connectivity index is 2.15. The van der Waals surface area contributed by atoms with E-state index in [4.69, 9.17) is 5.11 Å². The number of aromatic nitrogens is 1. The molecule has 0 aliphatic carbocycles. The molecule has 5 nitrogen and oxygen atoms in total. The Bertz CT molecular complexity index is 420. The van der Waals surface area contributed by atoms with Crippen molar-refractivity contribution in [3.05, 3.63) is 16.1 Å². The van der Waals surface area contributed by atoms with Crippen LogP contribution in [0.5, 0.6) is 0 Å². The van der Waals surface area contributed by atoms with Crippen LogP contribution in [0.2, 0.25) is 0 Å². The minimum Gasteiger partial charge on any atom is -0.481 e. The zero-order chi connectivity index (χ0) is 13.5. The molecule has 1 aromatic heterocycles. The summed E-state index contributed by atoms with van der Waals surface area (Å²) in [4.78, 5) is 26.3. The van der Waals surface area contributed by atoms with E-state index in [9.17, 15) is 9.59 Å². The first-order valence-electron chi connectivity index (χ1n) is 5.47. The summed E-state index contributed by atoms with van der Waals surface area (Å²) >= 11 is 3.06. The second-order valence-electron chi connectivity index (χ2n) is 3.89. The van der Waals surface area contributed by atoms with Crippen molar-refractivity contribution in [3.63, 3.8) is 0 Å². The van der Waals surface area contributed by atoms with Gasteiger partial charge in [-0.25, -0.2) is 4.98 Å². The van der Waals surface area contributed by atoms with Crippen molar-refractivity contribution >= 4 is 35.0 Å². The molecule has 0 fully saturated rings. The third-order valence-electron chi connectivity index (χ3n) is 2.18. The number of carboxylic acid groups (broad SMARTS) is 1. The van der Waals surface area contributed by atoms with Crippen LogP contribution in [0.25, 0.3) is 0 Å². The predicted octanol–water partition coefficient (Wildman–Crippen LogP) is 1.52. The summed E-state index contributed by atoms with van der Waals surface area (Å²) in [6.45, 7) is 3.68. The Labute approximate surface area is 114 Å². The Morgan fingerprint density at radius 1 is 1.61 bits per heavy atom. The maximum atomic E-state index is 11.4. The lowest BCUT2D eigenvalue weighted by Gasteiger charge is -2.07. The number of nitrogens with zero attached hydrogens (tertiary/aromatic N) is 1. The highest BCUT2D eigenvalue weighted by molar-refractivity contribution is 7.99. The van der Waals surface area contributed by atoms with Crippen LogP contribution < -0.4 is 5.32 Å². The lowest BCUT2D eigenvalue weighted by molar-refractivity contribution is -0.141. The molecule has 1 unspecified atom stereocenters. The number of hydrogen-bond acceptors (Lipinski definition) is 5. The number of thioether (sulfide) groups is 1. The largest absolute Gasteiger partial charge is 0.481 e. The highest BCUT2D eigenvalue weighted by atomic mass is 32.2. The van der Waals surface area contributed by atoms with E-state index in [1.54, 1.807) is 18.3 Å². The van der Waals surface area contributed by atoms with Gasteiger partial charge < -0.3 is 10.4 Å². The van der Waals surface area contributed by atoms with Crippen molar-refractivity contribution < 1.29 is 14.7 Å². The van der Waals surface area contributed by atoms with Crippen LogP contribution in [-0.4, -0.2) is 34.3 Å². The summed E-state index contributed by atoms with van der Waals surface area (Å²) in [5.41, 5.74) is 0.981. The molecule has 1 amide bonds. The normalized spacial score (nSPS) is 12.1. The van der Waals surface area contributed by atoms with Crippen molar-refractivity contribution in [3.8, 4) is 0 Å². The average molecular weight is 288 g/mol. The van der Waals surface area contributed by atoms with Crippen LogP contribution in [0.3, 0.4) is 0 Å². The van der Waals surface area contributed by atoms with E-state index >= 15 is 0 Å². The first-order chi connectivity index (χ1) is 8.49. The first kappa shape index (κ1) is 15.0. The number of carbonyl (C=O) groups excluding carboxylic acids is 1. The van der Waals surface area contributed by atoms with Gasteiger partial charge in [0.25, 0.3) is 0 Å².